The van der Waals surface area contributed by atoms with Crippen LogP contribution in [0, 0.1) is 0 Å². The van der Waals surface area contributed by atoms with Gasteiger partial charge in [-0.2, -0.15) is 0 Å². The molecule has 0 spiro atoms. The summed E-state index contributed by atoms with van der Waals surface area (Å²) in [6, 6.07) is 19.6. The molecule has 2 N–H and O–H groups in total. The van der Waals surface area contributed by atoms with Crippen LogP contribution < -0.4 is 5.73 Å². The summed E-state index contributed by atoms with van der Waals surface area (Å²) in [6.07, 6.45) is 2.35. The molecule has 0 amide bonds. The predicted molar refractivity (Wildman–Crippen MR) is 119 cm³/mol. The van der Waals surface area contributed by atoms with Crippen molar-refractivity contribution >= 4 is 49.0 Å². The Balaban J connectivity index is 1.73. The molecule has 138 valence electrons. The van der Waals surface area contributed by atoms with Crippen molar-refractivity contribution in [3.05, 3.63) is 81.3 Å². The van der Waals surface area contributed by atoms with E-state index in [0.29, 0.717) is 22.0 Å². The monoisotopic (exact) mass is 448 g/mol. The number of pyridine rings is 1. The Morgan fingerprint density at radius 3 is 2.46 bits per heavy atom. The minimum atomic E-state index is -0.0455. The number of carbonyl (C=O) groups excluding carboxylic acids is 1. The first-order valence-corrected chi connectivity index (χ1v) is 10.8. The number of carbonyl (C=O) groups is 1. The third-order valence-corrected chi connectivity index (χ3v) is 6.74. The smallest absolute Gasteiger partial charge is 0.205 e. The first-order chi connectivity index (χ1) is 13.6. The summed E-state index contributed by atoms with van der Waals surface area (Å²) >= 11 is 4.90. The number of hydrogen-bond acceptors (Lipinski definition) is 4. The summed E-state index contributed by atoms with van der Waals surface area (Å²) in [5, 5.41) is 0.885. The molecule has 1 saturated carbocycles. The van der Waals surface area contributed by atoms with Crippen molar-refractivity contribution in [2.75, 3.05) is 5.73 Å². The number of thiophene rings is 1. The van der Waals surface area contributed by atoms with Crippen molar-refractivity contribution in [1.29, 1.82) is 0 Å². The maximum Gasteiger partial charge on any atom is 0.205 e. The molecule has 4 aromatic rings. The number of rotatable bonds is 4. The highest BCUT2D eigenvalue weighted by Crippen LogP contribution is 2.45. The zero-order chi connectivity index (χ0) is 19.3. The third-order valence-electron chi connectivity index (χ3n) is 5.11. The maximum absolute atomic E-state index is 13.1. The number of fused-ring (bicyclic) bond motifs is 1. The normalized spacial score (nSPS) is 13.8. The van der Waals surface area contributed by atoms with Crippen LogP contribution in [0.1, 0.15) is 39.7 Å². The highest BCUT2D eigenvalue weighted by atomic mass is 79.9. The third kappa shape index (κ3) is 3.05. The molecule has 2 aromatic carbocycles. The van der Waals surface area contributed by atoms with Crippen LogP contribution in [-0.2, 0) is 0 Å². The van der Waals surface area contributed by atoms with E-state index in [1.54, 1.807) is 0 Å². The van der Waals surface area contributed by atoms with E-state index in [2.05, 4.69) is 34.1 Å². The van der Waals surface area contributed by atoms with Crippen LogP contribution in [0.4, 0.5) is 5.69 Å². The lowest BCUT2D eigenvalue weighted by molar-refractivity contribution is 0.104. The van der Waals surface area contributed by atoms with Gasteiger partial charge in [0.1, 0.15) is 9.71 Å². The van der Waals surface area contributed by atoms with Crippen LogP contribution >= 0.6 is 27.3 Å². The van der Waals surface area contributed by atoms with Crippen LogP contribution in [0.2, 0.25) is 0 Å². The van der Waals surface area contributed by atoms with Gasteiger partial charge in [-0.15, -0.1) is 11.3 Å². The molecular formula is C23H17BrN2OS. The molecule has 2 aromatic heterocycles. The molecule has 5 heteroatoms. The van der Waals surface area contributed by atoms with Crippen molar-refractivity contribution in [3.8, 4) is 11.1 Å². The van der Waals surface area contributed by atoms with E-state index in [-0.39, 0.29) is 5.78 Å². The Bertz CT molecular complexity index is 1190. The maximum atomic E-state index is 13.1. The summed E-state index contributed by atoms with van der Waals surface area (Å²) < 4.78 is 1.03. The minimum absolute atomic E-state index is 0.0455. The number of nitrogens with two attached hydrogens (primary N) is 1. The summed E-state index contributed by atoms with van der Waals surface area (Å²) in [4.78, 5) is 19.3. The molecule has 28 heavy (non-hydrogen) atoms. The molecule has 5 rings (SSSR count). The molecule has 0 radical (unpaired) electrons. The summed E-state index contributed by atoms with van der Waals surface area (Å²) in [6.45, 7) is 0. The van der Waals surface area contributed by atoms with E-state index in [9.17, 15) is 4.79 Å². The van der Waals surface area contributed by atoms with Gasteiger partial charge in [-0.25, -0.2) is 4.98 Å². The Hall–Kier alpha value is -2.50. The fourth-order valence-corrected chi connectivity index (χ4v) is 4.83. The van der Waals surface area contributed by atoms with Gasteiger partial charge in [0.25, 0.3) is 0 Å². The molecule has 1 aliphatic rings. The lowest BCUT2D eigenvalue weighted by Crippen LogP contribution is -2.01. The van der Waals surface area contributed by atoms with Gasteiger partial charge < -0.3 is 5.73 Å². The number of ketones is 1. The molecule has 0 saturated heterocycles. The standard InChI is InChI=1S/C23H17BrN2OS/c24-16-10-8-13(9-11-16)17-12-18(14-6-7-14)26-23-19(17)20(25)22(28-23)21(27)15-4-2-1-3-5-15/h1-5,8-12,14H,6-7,25H2. The fourth-order valence-electron chi connectivity index (χ4n) is 3.47. The van der Waals surface area contributed by atoms with E-state index in [0.717, 1.165) is 31.5 Å². The number of nitrogen functional groups attached to an aromatic ring is 1. The van der Waals surface area contributed by atoms with Crippen LogP contribution in [0.3, 0.4) is 0 Å². The topological polar surface area (TPSA) is 56.0 Å². The predicted octanol–water partition coefficient (Wildman–Crippen LogP) is 6.42. The van der Waals surface area contributed by atoms with Crippen molar-refractivity contribution in [1.82, 2.24) is 4.98 Å². The SMILES string of the molecule is Nc1c(C(=O)c2ccccc2)sc2nc(C3CC3)cc(-c3ccc(Br)cc3)c12. The van der Waals surface area contributed by atoms with Crippen molar-refractivity contribution in [3.63, 3.8) is 0 Å². The lowest BCUT2D eigenvalue weighted by atomic mass is 9.99. The van der Waals surface area contributed by atoms with Crippen LogP contribution in [0.15, 0.2) is 65.1 Å². The number of nitrogens with zero attached hydrogens (tertiary/aromatic N) is 1. The second-order valence-corrected chi connectivity index (χ2v) is 9.01. The van der Waals surface area contributed by atoms with Crippen molar-refractivity contribution < 1.29 is 4.79 Å². The minimum Gasteiger partial charge on any atom is -0.397 e. The van der Waals surface area contributed by atoms with Gasteiger partial charge in [0, 0.05) is 27.0 Å². The quantitative estimate of drug-likeness (QED) is 0.366. The first kappa shape index (κ1) is 17.6. The van der Waals surface area contributed by atoms with E-state index < -0.39 is 0 Å². The van der Waals surface area contributed by atoms with Crippen LogP contribution in [-0.4, -0.2) is 10.8 Å². The summed E-state index contributed by atoms with van der Waals surface area (Å²) in [7, 11) is 0. The average Bonchev–Trinajstić information content (AvgIpc) is 3.52. The summed E-state index contributed by atoms with van der Waals surface area (Å²) in [5.41, 5.74) is 10.9. The molecule has 0 unspecified atom stereocenters. The van der Waals surface area contributed by atoms with E-state index in [1.807, 2.05) is 42.5 Å². The second kappa shape index (κ2) is 6.83. The van der Waals surface area contributed by atoms with E-state index in [4.69, 9.17) is 10.7 Å². The van der Waals surface area contributed by atoms with Gasteiger partial charge in [0.15, 0.2) is 0 Å². The molecule has 3 nitrogen and oxygen atoms in total. The Labute approximate surface area is 175 Å². The largest absolute Gasteiger partial charge is 0.397 e. The number of halogens is 1. The molecule has 0 atom stereocenters. The number of hydrogen-bond donors (Lipinski definition) is 1. The molecule has 1 fully saturated rings. The number of benzene rings is 2. The van der Waals surface area contributed by atoms with Gasteiger partial charge in [0.2, 0.25) is 5.78 Å². The Morgan fingerprint density at radius 2 is 1.79 bits per heavy atom. The van der Waals surface area contributed by atoms with Gasteiger partial charge in [-0.3, -0.25) is 4.79 Å². The van der Waals surface area contributed by atoms with Gasteiger partial charge in [0.05, 0.1) is 5.69 Å². The van der Waals surface area contributed by atoms with E-state index >= 15 is 0 Å². The number of anilines is 1. The fraction of sp³-hybridized carbons (Fsp3) is 0.130. The molecule has 0 bridgehead atoms. The second-order valence-electron chi connectivity index (χ2n) is 7.10. The molecule has 2 heterocycles. The van der Waals surface area contributed by atoms with Gasteiger partial charge in [-0.1, -0.05) is 58.4 Å². The zero-order valence-corrected chi connectivity index (χ0v) is 17.4. The number of aromatic nitrogens is 1. The van der Waals surface area contributed by atoms with Gasteiger partial charge in [-0.05, 0) is 42.2 Å². The van der Waals surface area contributed by atoms with Crippen LogP contribution in [0.25, 0.3) is 21.3 Å². The van der Waals surface area contributed by atoms with E-state index in [1.165, 1.54) is 24.2 Å². The van der Waals surface area contributed by atoms with Crippen LogP contribution in [0.5, 0.6) is 0 Å². The highest BCUT2D eigenvalue weighted by Gasteiger charge is 2.28. The Morgan fingerprint density at radius 1 is 1.07 bits per heavy atom. The van der Waals surface area contributed by atoms with Gasteiger partial charge >= 0.3 is 0 Å². The van der Waals surface area contributed by atoms with Crippen molar-refractivity contribution in [2.24, 2.45) is 0 Å². The lowest BCUT2D eigenvalue weighted by Gasteiger charge is -2.08. The average molecular weight is 449 g/mol. The molecular weight excluding hydrogens is 432 g/mol. The summed E-state index contributed by atoms with van der Waals surface area (Å²) in [5.74, 6) is 0.478. The molecule has 1 aliphatic carbocycles. The Kier molecular flexibility index (Phi) is 4.29. The van der Waals surface area contributed by atoms with Crippen molar-refractivity contribution in [2.45, 2.75) is 18.8 Å². The zero-order valence-electron chi connectivity index (χ0n) is 15.0. The first-order valence-electron chi connectivity index (χ1n) is 9.20. The molecule has 0 aliphatic heterocycles. The highest BCUT2D eigenvalue weighted by molar-refractivity contribution is 9.10.